The highest BCUT2D eigenvalue weighted by molar-refractivity contribution is 5.75. The number of hydrogen-bond donors (Lipinski definition) is 0. The minimum absolute atomic E-state index is 0.0322. The first kappa shape index (κ1) is 30.5. The molecular weight excluding hydrogens is 571 g/mol. The summed E-state index contributed by atoms with van der Waals surface area (Å²) in [5.74, 6) is -0.653. The predicted octanol–water partition coefficient (Wildman–Crippen LogP) is 6.99. The number of hydrogen-bond acceptors (Lipinski definition) is 4. The Bertz CT molecular complexity index is 1250. The quantitative estimate of drug-likeness (QED) is 0.187. The Hall–Kier alpha value is -3.45. The molecule has 0 N–H and O–H groups in total. The van der Waals surface area contributed by atoms with Crippen molar-refractivity contribution >= 4 is 18.1 Å². The van der Waals surface area contributed by atoms with Crippen molar-refractivity contribution < 1.29 is 53.8 Å². The van der Waals surface area contributed by atoms with E-state index in [-0.39, 0.29) is 49.6 Å². The van der Waals surface area contributed by atoms with Crippen LogP contribution in [0.5, 0.6) is 0 Å². The van der Waals surface area contributed by atoms with E-state index in [0.29, 0.717) is 17.8 Å². The maximum Gasteiger partial charge on any atom is 0.416 e. The van der Waals surface area contributed by atoms with Crippen molar-refractivity contribution in [1.29, 1.82) is 0 Å². The molecule has 2 unspecified atom stereocenters. The molecule has 0 spiro atoms. The third kappa shape index (κ3) is 6.89. The molecule has 5 nitrogen and oxygen atoms in total. The van der Waals surface area contributed by atoms with Crippen molar-refractivity contribution in [1.82, 2.24) is 4.90 Å². The van der Waals surface area contributed by atoms with Crippen LogP contribution in [0, 0.1) is 5.92 Å². The van der Waals surface area contributed by atoms with E-state index < -0.39 is 59.3 Å². The van der Waals surface area contributed by atoms with E-state index >= 15 is 0 Å². The number of nitrogens with zero attached hydrogens (tertiary/aromatic N) is 2. The van der Waals surface area contributed by atoms with Crippen LogP contribution in [0.3, 0.4) is 0 Å². The fourth-order valence-corrected chi connectivity index (χ4v) is 5.38. The van der Waals surface area contributed by atoms with Gasteiger partial charge in [0, 0.05) is 25.2 Å². The SMILES string of the molecule is CC(=O)N(Cc1cc(C(F)(F)F)cc(C(F)(F)F)c1)C1CC(C2CC2)N(CCOC=O)c2ccc(C(F)(F)F)cc21. The molecule has 1 heterocycles. The van der Waals surface area contributed by atoms with Gasteiger partial charge < -0.3 is 14.5 Å². The van der Waals surface area contributed by atoms with Gasteiger partial charge in [-0.3, -0.25) is 9.59 Å². The second-order valence-corrected chi connectivity index (χ2v) is 10.1. The molecule has 4 rings (SSSR count). The normalized spacial score (nSPS) is 19.5. The molecule has 14 heteroatoms. The summed E-state index contributed by atoms with van der Waals surface area (Å²) in [5.41, 5.74) is -4.27. The van der Waals surface area contributed by atoms with E-state index in [1.165, 1.54) is 6.07 Å². The highest BCUT2D eigenvalue weighted by Gasteiger charge is 2.45. The number of alkyl halides is 9. The van der Waals surface area contributed by atoms with Crippen LogP contribution in [0.4, 0.5) is 45.2 Å². The van der Waals surface area contributed by atoms with Gasteiger partial charge in [0.2, 0.25) is 5.91 Å². The minimum Gasteiger partial charge on any atom is -0.466 e. The van der Waals surface area contributed by atoms with Gasteiger partial charge in [-0.05, 0) is 72.7 Å². The van der Waals surface area contributed by atoms with Crippen molar-refractivity contribution in [3.63, 3.8) is 0 Å². The van der Waals surface area contributed by atoms with Gasteiger partial charge in [-0.15, -0.1) is 0 Å². The fraction of sp³-hybridized carbons (Fsp3) is 0.481. The maximum absolute atomic E-state index is 13.7. The van der Waals surface area contributed by atoms with Crippen molar-refractivity contribution in [2.24, 2.45) is 5.92 Å². The number of rotatable bonds is 8. The van der Waals surface area contributed by atoms with Crippen LogP contribution in [0.15, 0.2) is 36.4 Å². The Morgan fingerprint density at radius 3 is 2.00 bits per heavy atom. The number of anilines is 1. The summed E-state index contributed by atoms with van der Waals surface area (Å²) in [7, 11) is 0. The number of ether oxygens (including phenoxy) is 1. The second-order valence-electron chi connectivity index (χ2n) is 10.1. The van der Waals surface area contributed by atoms with Crippen molar-refractivity contribution in [2.45, 2.75) is 63.3 Å². The van der Waals surface area contributed by atoms with Crippen LogP contribution in [0.2, 0.25) is 0 Å². The number of carbonyl (C=O) groups is 2. The van der Waals surface area contributed by atoms with Crippen LogP contribution < -0.4 is 4.90 Å². The molecule has 1 aliphatic carbocycles. The average Bonchev–Trinajstić information content (AvgIpc) is 3.71. The molecule has 2 atom stereocenters. The summed E-state index contributed by atoms with van der Waals surface area (Å²) in [6.07, 6.45) is -13.4. The molecule has 2 aromatic rings. The Morgan fingerprint density at radius 2 is 1.51 bits per heavy atom. The monoisotopic (exact) mass is 596 g/mol. The van der Waals surface area contributed by atoms with Gasteiger partial charge >= 0.3 is 18.5 Å². The zero-order valence-corrected chi connectivity index (χ0v) is 21.5. The Morgan fingerprint density at radius 1 is 0.927 bits per heavy atom. The summed E-state index contributed by atoms with van der Waals surface area (Å²) in [4.78, 5) is 26.4. The maximum atomic E-state index is 13.7. The largest absolute Gasteiger partial charge is 0.466 e. The lowest BCUT2D eigenvalue weighted by Gasteiger charge is -2.46. The second kappa shape index (κ2) is 11.1. The van der Waals surface area contributed by atoms with E-state index in [4.69, 9.17) is 4.74 Å². The van der Waals surface area contributed by atoms with Gasteiger partial charge in [0.15, 0.2) is 0 Å². The van der Waals surface area contributed by atoms with Crippen molar-refractivity contribution in [3.05, 3.63) is 64.2 Å². The molecule has 41 heavy (non-hydrogen) atoms. The molecule has 224 valence electrons. The molecule has 0 radical (unpaired) electrons. The van der Waals surface area contributed by atoms with Crippen LogP contribution in [0.25, 0.3) is 0 Å². The summed E-state index contributed by atoms with van der Waals surface area (Å²) in [6.45, 7) is 0.650. The first-order valence-corrected chi connectivity index (χ1v) is 12.6. The molecule has 1 amide bonds. The minimum atomic E-state index is -5.11. The third-order valence-electron chi connectivity index (χ3n) is 7.35. The number of carbonyl (C=O) groups excluding carboxylic acids is 2. The first-order chi connectivity index (χ1) is 19.0. The van der Waals surface area contributed by atoms with E-state index in [2.05, 4.69) is 0 Å². The van der Waals surface area contributed by atoms with Crippen LogP contribution in [0.1, 0.15) is 60.0 Å². The number of benzene rings is 2. The Balaban J connectivity index is 1.82. The van der Waals surface area contributed by atoms with E-state index in [9.17, 15) is 49.1 Å². The zero-order valence-electron chi connectivity index (χ0n) is 21.5. The van der Waals surface area contributed by atoms with Gasteiger partial charge in [-0.25, -0.2) is 0 Å². The Labute approximate surface area is 228 Å². The molecule has 1 fully saturated rings. The third-order valence-corrected chi connectivity index (χ3v) is 7.35. The molecule has 0 bridgehead atoms. The van der Waals surface area contributed by atoms with Crippen molar-refractivity contribution in [2.75, 3.05) is 18.1 Å². The Kier molecular flexibility index (Phi) is 8.25. The molecule has 2 aromatic carbocycles. The zero-order chi connectivity index (χ0) is 30.3. The van der Waals surface area contributed by atoms with Gasteiger partial charge in [0.1, 0.15) is 6.61 Å². The van der Waals surface area contributed by atoms with Gasteiger partial charge in [0.05, 0.1) is 29.3 Å². The van der Waals surface area contributed by atoms with Gasteiger partial charge in [-0.1, -0.05) is 0 Å². The van der Waals surface area contributed by atoms with Crippen LogP contribution in [-0.2, 0) is 39.4 Å². The number of fused-ring (bicyclic) bond motifs is 1. The number of halogens is 9. The summed E-state index contributed by atoms with van der Waals surface area (Å²) in [5, 5.41) is 0. The van der Waals surface area contributed by atoms with Gasteiger partial charge in [0.25, 0.3) is 6.47 Å². The fourth-order valence-electron chi connectivity index (χ4n) is 5.38. The number of amides is 1. The highest BCUT2D eigenvalue weighted by atomic mass is 19.4. The lowest BCUT2D eigenvalue weighted by Crippen LogP contribution is -2.48. The van der Waals surface area contributed by atoms with Crippen molar-refractivity contribution in [3.8, 4) is 0 Å². The smallest absolute Gasteiger partial charge is 0.416 e. The molecule has 2 aliphatic rings. The summed E-state index contributed by atoms with van der Waals surface area (Å²) < 4.78 is 127. The molecule has 0 saturated heterocycles. The standard InChI is InChI=1S/C27H25F9N2O3/c1-15(40)38(13-16-8-19(26(31,32)33)10-20(9-16)27(34,35)36)24-12-23(17-2-3-17)37(6-7-41-14-39)22-5-4-18(11-21(22)24)25(28,29)30/h4-5,8-11,14,17,23-24H,2-3,6-7,12-13H2,1H3. The van der Waals surface area contributed by atoms with E-state index in [1.807, 2.05) is 0 Å². The summed E-state index contributed by atoms with van der Waals surface area (Å²) >= 11 is 0. The van der Waals surface area contributed by atoms with E-state index in [1.54, 1.807) is 4.90 Å². The lowest BCUT2D eigenvalue weighted by molar-refractivity contribution is -0.143. The molecule has 1 aliphatic heterocycles. The summed E-state index contributed by atoms with van der Waals surface area (Å²) in [6, 6.07) is 2.50. The van der Waals surface area contributed by atoms with Crippen LogP contribution >= 0.6 is 0 Å². The highest BCUT2D eigenvalue weighted by Crippen LogP contribution is 2.49. The molecule has 1 saturated carbocycles. The topological polar surface area (TPSA) is 49.9 Å². The molecular formula is C27H25F9N2O3. The van der Waals surface area contributed by atoms with Crippen LogP contribution in [-0.4, -0.2) is 36.5 Å². The van der Waals surface area contributed by atoms with Gasteiger partial charge in [-0.2, -0.15) is 39.5 Å². The predicted molar refractivity (Wildman–Crippen MR) is 127 cm³/mol. The molecule has 0 aromatic heterocycles. The average molecular weight is 596 g/mol. The van der Waals surface area contributed by atoms with E-state index in [0.717, 1.165) is 36.8 Å². The first-order valence-electron chi connectivity index (χ1n) is 12.6. The lowest BCUT2D eigenvalue weighted by atomic mass is 9.86.